The normalized spacial score (nSPS) is 17.0. The monoisotopic (exact) mass is 992 g/mol. The molecule has 0 spiro atoms. The number of aryl methyl sites for hydroxylation is 1. The number of primary amides is 1. The van der Waals surface area contributed by atoms with Crippen LogP contribution in [0.1, 0.15) is 66.1 Å². The maximum Gasteiger partial charge on any atom is 0.287 e. The zero-order chi connectivity index (χ0) is 50.8. The van der Waals surface area contributed by atoms with Crippen molar-refractivity contribution in [1.82, 2.24) is 44.3 Å². The van der Waals surface area contributed by atoms with Crippen molar-refractivity contribution in [2.24, 2.45) is 11.7 Å². The summed E-state index contributed by atoms with van der Waals surface area (Å²) in [5.74, 6) is 1.58. The lowest BCUT2D eigenvalue weighted by molar-refractivity contribution is -0.132. The first-order valence-corrected chi connectivity index (χ1v) is 25.6. The molecule has 3 amide bonds. The summed E-state index contributed by atoms with van der Waals surface area (Å²) in [7, 11) is 0. The van der Waals surface area contributed by atoms with Crippen LogP contribution >= 0.6 is 0 Å². The standard InChI is InChI=1S/C54H65N13O6/c1-3-38-29-44(48(71)31-47(38)70)52-59-60-53(50(55)73)67(52)40-10-8-36(9-11-40)32-61-20-22-62(23-21-61)33-37-13-17-64(18-14-37)49(72)12-16-56-54-57-45-34-66(46-30-41(69)28-39-6-4-5-7-42(39)46)19-15-43(45)51(58-54)65-26-24-63(25-27-65)35(2)68/h4-11,28-31,37,69-71H,3,12-27,32-34H2,1-2H3,(H2,55,73)(H,56,57,58). The summed E-state index contributed by atoms with van der Waals surface area (Å²) < 4.78 is 1.54. The predicted octanol–water partition coefficient (Wildman–Crippen LogP) is 4.75. The molecule has 0 radical (unpaired) electrons. The van der Waals surface area contributed by atoms with E-state index in [2.05, 4.69) is 41.2 Å². The van der Waals surface area contributed by atoms with Crippen molar-refractivity contribution in [3.63, 3.8) is 0 Å². The van der Waals surface area contributed by atoms with Crippen LogP contribution < -0.4 is 20.9 Å². The van der Waals surface area contributed by atoms with Crippen molar-refractivity contribution in [3.8, 4) is 34.3 Å². The van der Waals surface area contributed by atoms with Gasteiger partial charge in [-0.05, 0) is 72.4 Å². The van der Waals surface area contributed by atoms with Crippen molar-refractivity contribution in [2.75, 3.05) is 100 Å². The molecular weight excluding hydrogens is 927 g/mol. The quantitative estimate of drug-likeness (QED) is 0.0994. The van der Waals surface area contributed by atoms with Gasteiger partial charge in [0.25, 0.3) is 5.91 Å². The first-order valence-electron chi connectivity index (χ1n) is 25.6. The number of phenolic OH excluding ortho intramolecular Hbond substituents is 3. The van der Waals surface area contributed by atoms with E-state index < -0.39 is 5.91 Å². The van der Waals surface area contributed by atoms with Crippen molar-refractivity contribution in [2.45, 2.75) is 59.0 Å². The molecule has 382 valence electrons. The number of carbonyl (C=O) groups excluding carboxylic acids is 3. The highest BCUT2D eigenvalue weighted by Crippen LogP contribution is 2.38. The molecule has 19 nitrogen and oxygen atoms in total. The highest BCUT2D eigenvalue weighted by atomic mass is 16.3. The van der Waals surface area contributed by atoms with Crippen LogP contribution in [-0.2, 0) is 35.5 Å². The van der Waals surface area contributed by atoms with Gasteiger partial charge in [0, 0.05) is 139 Å². The first-order chi connectivity index (χ1) is 35.4. The van der Waals surface area contributed by atoms with E-state index in [1.54, 1.807) is 19.1 Å². The van der Waals surface area contributed by atoms with Crippen LogP contribution in [0.25, 0.3) is 27.8 Å². The molecule has 4 aliphatic rings. The van der Waals surface area contributed by atoms with Crippen LogP contribution in [0.15, 0.2) is 72.8 Å². The fourth-order valence-corrected chi connectivity index (χ4v) is 11.0. The fourth-order valence-electron chi connectivity index (χ4n) is 11.0. The number of amides is 3. The Morgan fingerprint density at radius 2 is 1.51 bits per heavy atom. The number of carbonyl (C=O) groups is 3. The Bertz CT molecular complexity index is 2990. The van der Waals surface area contributed by atoms with Crippen molar-refractivity contribution in [3.05, 3.63) is 101 Å². The Balaban J connectivity index is 0.703. The molecule has 10 rings (SSSR count). The first kappa shape index (κ1) is 49.1. The number of aromatic hydroxyl groups is 3. The number of fused-ring (bicyclic) bond motifs is 2. The third-order valence-corrected chi connectivity index (χ3v) is 15.1. The molecule has 0 aliphatic carbocycles. The Labute approximate surface area is 424 Å². The summed E-state index contributed by atoms with van der Waals surface area (Å²) in [6, 6.07) is 22.5. The highest BCUT2D eigenvalue weighted by molar-refractivity contribution is 5.96. The van der Waals surface area contributed by atoms with E-state index in [0.29, 0.717) is 80.8 Å². The van der Waals surface area contributed by atoms with Crippen LogP contribution in [0.3, 0.4) is 0 Å². The third-order valence-electron chi connectivity index (χ3n) is 15.1. The number of nitrogens with one attached hydrogen (secondary N) is 1. The van der Waals surface area contributed by atoms with Crippen LogP contribution in [0.5, 0.6) is 17.2 Å². The third kappa shape index (κ3) is 10.7. The van der Waals surface area contributed by atoms with E-state index in [0.717, 1.165) is 117 Å². The van der Waals surface area contributed by atoms with Gasteiger partial charge < -0.3 is 50.9 Å². The van der Waals surface area contributed by atoms with E-state index in [9.17, 15) is 29.7 Å². The molecule has 3 fully saturated rings. The van der Waals surface area contributed by atoms with Crippen molar-refractivity contribution < 1.29 is 29.7 Å². The van der Waals surface area contributed by atoms with Gasteiger partial charge in [0.2, 0.25) is 23.6 Å². The van der Waals surface area contributed by atoms with Gasteiger partial charge in [-0.1, -0.05) is 43.3 Å². The van der Waals surface area contributed by atoms with Crippen LogP contribution in [-0.4, -0.2) is 162 Å². The average molecular weight is 992 g/mol. The lowest BCUT2D eigenvalue weighted by atomic mass is 9.95. The van der Waals surface area contributed by atoms with Crippen LogP contribution in [0.2, 0.25) is 0 Å². The highest BCUT2D eigenvalue weighted by Gasteiger charge is 2.31. The number of phenols is 3. The summed E-state index contributed by atoms with van der Waals surface area (Å²) in [5, 5.41) is 45.4. The van der Waals surface area contributed by atoms with E-state index in [-0.39, 0.29) is 40.7 Å². The summed E-state index contributed by atoms with van der Waals surface area (Å²) in [6.45, 7) is 14.9. The van der Waals surface area contributed by atoms with E-state index in [1.165, 1.54) is 10.6 Å². The molecule has 3 saturated heterocycles. The van der Waals surface area contributed by atoms with E-state index >= 15 is 0 Å². The van der Waals surface area contributed by atoms with Crippen LogP contribution in [0.4, 0.5) is 17.5 Å². The minimum atomic E-state index is -0.751. The second-order valence-corrected chi connectivity index (χ2v) is 19.8. The molecule has 0 unspecified atom stereocenters. The molecule has 4 aliphatic heterocycles. The van der Waals surface area contributed by atoms with Gasteiger partial charge >= 0.3 is 0 Å². The van der Waals surface area contributed by atoms with E-state index in [4.69, 9.17) is 15.7 Å². The molecule has 0 saturated carbocycles. The maximum atomic E-state index is 13.6. The zero-order valence-corrected chi connectivity index (χ0v) is 41.7. The number of aromatic nitrogens is 5. The second-order valence-electron chi connectivity index (χ2n) is 19.8. The number of piperidine rings is 1. The molecule has 4 aromatic carbocycles. The summed E-state index contributed by atoms with van der Waals surface area (Å²) >= 11 is 0. The molecule has 19 heteroatoms. The topological polar surface area (TPSA) is 226 Å². The number of nitrogens with zero attached hydrogens (tertiary/aromatic N) is 11. The number of anilines is 3. The molecule has 6 heterocycles. The predicted molar refractivity (Wildman–Crippen MR) is 279 cm³/mol. The van der Waals surface area contributed by atoms with Crippen LogP contribution in [0, 0.1) is 5.92 Å². The minimum absolute atomic E-state index is 0.0194. The van der Waals surface area contributed by atoms with Gasteiger partial charge in [-0.2, -0.15) is 4.98 Å². The smallest absolute Gasteiger partial charge is 0.287 e. The number of likely N-dealkylation sites (tertiary alicyclic amines) is 1. The second kappa shape index (κ2) is 21.3. The Morgan fingerprint density at radius 3 is 2.23 bits per heavy atom. The molecule has 0 atom stereocenters. The number of piperazine rings is 2. The lowest BCUT2D eigenvalue weighted by Gasteiger charge is -2.39. The molecule has 6 aromatic rings. The minimum Gasteiger partial charge on any atom is -0.508 e. The number of benzene rings is 4. The maximum absolute atomic E-state index is 13.6. The van der Waals surface area contributed by atoms with Crippen molar-refractivity contribution >= 4 is 45.9 Å². The van der Waals surface area contributed by atoms with Gasteiger partial charge in [-0.3, -0.25) is 23.9 Å². The Morgan fingerprint density at radius 1 is 0.767 bits per heavy atom. The Hall–Kier alpha value is -7.51. The van der Waals surface area contributed by atoms with Gasteiger partial charge in [-0.15, -0.1) is 10.2 Å². The van der Waals surface area contributed by atoms with Gasteiger partial charge in [0.15, 0.2) is 5.82 Å². The molecule has 2 aromatic heterocycles. The number of nitrogens with two attached hydrogens (primary N) is 1. The fraction of sp³-hybridized carbons (Fsp3) is 0.426. The summed E-state index contributed by atoms with van der Waals surface area (Å²) in [4.78, 5) is 61.7. The molecule has 0 bridgehead atoms. The average Bonchev–Trinajstić information content (AvgIpc) is 3.85. The number of rotatable bonds is 14. The Kier molecular flexibility index (Phi) is 14.3. The zero-order valence-electron chi connectivity index (χ0n) is 41.7. The molecular formula is C54H65N13O6. The summed E-state index contributed by atoms with van der Waals surface area (Å²) in [6.07, 6.45) is 3.56. The SMILES string of the molecule is CCc1cc(-c2nnc(C(N)=O)n2-c2ccc(CN3CCN(CC4CCN(C(=O)CCNc5nc6c(c(N7CCN(C(C)=O)CC7)n5)CCN(c5cc(O)cc7ccccc57)C6)CC4)CC3)cc2)c(O)cc1O. The van der Waals surface area contributed by atoms with Gasteiger partial charge in [0.05, 0.1) is 17.8 Å². The number of hydrogen-bond donors (Lipinski definition) is 5. The lowest BCUT2D eigenvalue weighted by Crippen LogP contribution is -2.49. The molecule has 6 N–H and O–H groups in total. The van der Waals surface area contributed by atoms with Gasteiger partial charge in [-0.25, -0.2) is 4.98 Å². The summed E-state index contributed by atoms with van der Waals surface area (Å²) in [5.41, 5.74) is 11.4. The largest absolute Gasteiger partial charge is 0.508 e. The van der Waals surface area contributed by atoms with E-state index in [1.807, 2.05) is 65.3 Å². The molecule has 73 heavy (non-hydrogen) atoms. The van der Waals surface area contributed by atoms with Gasteiger partial charge in [0.1, 0.15) is 23.1 Å². The van der Waals surface area contributed by atoms with Crippen molar-refractivity contribution in [1.29, 1.82) is 0 Å². The number of hydrogen-bond acceptors (Lipinski definition) is 15.